The van der Waals surface area contributed by atoms with Gasteiger partial charge in [0, 0.05) is 38.3 Å². The van der Waals surface area contributed by atoms with E-state index in [0.717, 1.165) is 25.1 Å². The minimum absolute atomic E-state index is 0.0160. The molecule has 1 atom stereocenters. The Labute approximate surface area is 150 Å². The SMILES string of the molecule is CC(C)CNC(=O)N1CCC[C@@H](CC(=O)Nc2cnn(C(C)C)c2)C1. The molecule has 1 aliphatic rings. The van der Waals surface area contributed by atoms with Crippen LogP contribution in [0.4, 0.5) is 10.5 Å². The summed E-state index contributed by atoms with van der Waals surface area (Å²) in [5.74, 6) is 0.624. The normalized spacial score (nSPS) is 17.8. The zero-order valence-corrected chi connectivity index (χ0v) is 15.8. The number of amides is 3. The highest BCUT2D eigenvalue weighted by Crippen LogP contribution is 2.20. The van der Waals surface area contributed by atoms with E-state index in [4.69, 9.17) is 0 Å². The predicted octanol–water partition coefficient (Wildman–Crippen LogP) is 2.87. The van der Waals surface area contributed by atoms with E-state index in [1.165, 1.54) is 0 Å². The molecule has 0 spiro atoms. The number of rotatable bonds is 6. The highest BCUT2D eigenvalue weighted by Gasteiger charge is 2.25. The zero-order valence-electron chi connectivity index (χ0n) is 15.8. The zero-order chi connectivity index (χ0) is 18.4. The lowest BCUT2D eigenvalue weighted by Gasteiger charge is -2.32. The molecule has 140 valence electrons. The van der Waals surface area contributed by atoms with Crippen LogP contribution in [0.25, 0.3) is 0 Å². The molecule has 0 aromatic carbocycles. The number of likely N-dealkylation sites (tertiary alicyclic amines) is 1. The van der Waals surface area contributed by atoms with Crippen molar-refractivity contribution in [3.05, 3.63) is 12.4 Å². The van der Waals surface area contributed by atoms with Gasteiger partial charge >= 0.3 is 6.03 Å². The largest absolute Gasteiger partial charge is 0.338 e. The number of nitrogens with one attached hydrogen (secondary N) is 2. The van der Waals surface area contributed by atoms with Gasteiger partial charge in [-0.25, -0.2) is 4.79 Å². The van der Waals surface area contributed by atoms with Crippen LogP contribution in [0.5, 0.6) is 0 Å². The Morgan fingerprint density at radius 2 is 2.08 bits per heavy atom. The minimum atomic E-state index is -0.0167. The van der Waals surface area contributed by atoms with Crippen molar-refractivity contribution in [1.82, 2.24) is 20.0 Å². The fourth-order valence-corrected chi connectivity index (χ4v) is 2.98. The fourth-order valence-electron chi connectivity index (χ4n) is 2.98. The first-order valence-corrected chi connectivity index (χ1v) is 9.22. The summed E-state index contributed by atoms with van der Waals surface area (Å²) in [6.07, 6.45) is 5.87. The van der Waals surface area contributed by atoms with Crippen molar-refractivity contribution in [3.8, 4) is 0 Å². The average Bonchev–Trinajstić information content (AvgIpc) is 3.01. The molecule has 3 amide bonds. The molecular formula is C18H31N5O2. The monoisotopic (exact) mass is 349 g/mol. The second-order valence-electron chi connectivity index (χ2n) is 7.59. The standard InChI is InChI=1S/C18H31N5O2/c1-13(2)9-19-18(25)22-7-5-6-15(11-22)8-17(24)21-16-10-20-23(12-16)14(3)4/h10,12-15H,5-9,11H2,1-4H3,(H,19,25)(H,21,24)/t15-/m0/s1. The van der Waals surface area contributed by atoms with Crippen molar-refractivity contribution >= 4 is 17.6 Å². The Hall–Kier alpha value is -2.05. The van der Waals surface area contributed by atoms with E-state index in [1.54, 1.807) is 6.20 Å². The number of carbonyl (C=O) groups is 2. The first-order chi connectivity index (χ1) is 11.8. The lowest BCUT2D eigenvalue weighted by molar-refractivity contribution is -0.117. The van der Waals surface area contributed by atoms with E-state index in [1.807, 2.05) is 29.6 Å². The molecule has 2 heterocycles. The molecular weight excluding hydrogens is 318 g/mol. The van der Waals surface area contributed by atoms with Gasteiger partial charge in [0.1, 0.15) is 0 Å². The maximum absolute atomic E-state index is 12.3. The van der Waals surface area contributed by atoms with Crippen LogP contribution in [-0.4, -0.2) is 46.3 Å². The Morgan fingerprint density at radius 1 is 1.32 bits per heavy atom. The molecule has 0 radical (unpaired) electrons. The van der Waals surface area contributed by atoms with Crippen molar-refractivity contribution in [2.75, 3.05) is 25.0 Å². The fraction of sp³-hybridized carbons (Fsp3) is 0.722. The Bertz CT molecular complexity index is 582. The summed E-state index contributed by atoms with van der Waals surface area (Å²) < 4.78 is 1.82. The Kier molecular flexibility index (Phi) is 6.84. The predicted molar refractivity (Wildman–Crippen MR) is 98.4 cm³/mol. The van der Waals surface area contributed by atoms with E-state index >= 15 is 0 Å². The lowest BCUT2D eigenvalue weighted by Crippen LogP contribution is -2.46. The second-order valence-corrected chi connectivity index (χ2v) is 7.59. The summed E-state index contributed by atoms with van der Waals surface area (Å²) in [6.45, 7) is 10.3. The van der Waals surface area contributed by atoms with Crippen LogP contribution in [0.2, 0.25) is 0 Å². The molecule has 1 aromatic heterocycles. The average molecular weight is 349 g/mol. The molecule has 1 saturated heterocycles. The van der Waals surface area contributed by atoms with Crippen LogP contribution in [-0.2, 0) is 4.79 Å². The number of hydrogen-bond donors (Lipinski definition) is 2. The summed E-state index contributed by atoms with van der Waals surface area (Å²) in [5.41, 5.74) is 0.723. The van der Waals surface area contributed by atoms with Crippen molar-refractivity contribution < 1.29 is 9.59 Å². The van der Waals surface area contributed by atoms with Gasteiger partial charge in [-0.1, -0.05) is 13.8 Å². The molecule has 0 bridgehead atoms. The van der Waals surface area contributed by atoms with E-state index < -0.39 is 0 Å². The summed E-state index contributed by atoms with van der Waals surface area (Å²) in [4.78, 5) is 26.3. The molecule has 0 saturated carbocycles. The van der Waals surface area contributed by atoms with Crippen LogP contribution < -0.4 is 10.6 Å². The molecule has 2 N–H and O–H groups in total. The molecule has 1 aliphatic heterocycles. The summed E-state index contributed by atoms with van der Waals surface area (Å²) in [6, 6.07) is 0.249. The molecule has 25 heavy (non-hydrogen) atoms. The van der Waals surface area contributed by atoms with Crippen LogP contribution in [0.3, 0.4) is 0 Å². The molecule has 7 heteroatoms. The summed E-state index contributed by atoms with van der Waals surface area (Å²) >= 11 is 0. The van der Waals surface area contributed by atoms with Crippen molar-refractivity contribution in [1.29, 1.82) is 0 Å². The van der Waals surface area contributed by atoms with Gasteiger partial charge in [-0.2, -0.15) is 5.10 Å². The Morgan fingerprint density at radius 3 is 2.72 bits per heavy atom. The highest BCUT2D eigenvalue weighted by molar-refractivity contribution is 5.90. The van der Waals surface area contributed by atoms with Crippen LogP contribution in [0.15, 0.2) is 12.4 Å². The number of aromatic nitrogens is 2. The van der Waals surface area contributed by atoms with Crippen molar-refractivity contribution in [2.24, 2.45) is 11.8 Å². The van der Waals surface area contributed by atoms with Gasteiger partial charge in [-0.15, -0.1) is 0 Å². The van der Waals surface area contributed by atoms with Gasteiger partial charge < -0.3 is 15.5 Å². The summed E-state index contributed by atoms with van der Waals surface area (Å²) in [7, 11) is 0. The number of urea groups is 1. The van der Waals surface area contributed by atoms with Crippen LogP contribution in [0.1, 0.15) is 53.0 Å². The van der Waals surface area contributed by atoms with Gasteiger partial charge in [0.15, 0.2) is 0 Å². The van der Waals surface area contributed by atoms with Gasteiger partial charge in [0.2, 0.25) is 5.91 Å². The third-order valence-corrected chi connectivity index (χ3v) is 4.36. The molecule has 1 aromatic rings. The van der Waals surface area contributed by atoms with Crippen molar-refractivity contribution in [2.45, 2.75) is 53.0 Å². The first kappa shape index (κ1) is 19.3. The maximum atomic E-state index is 12.3. The quantitative estimate of drug-likeness (QED) is 0.829. The number of nitrogens with zero attached hydrogens (tertiary/aromatic N) is 3. The third-order valence-electron chi connectivity index (χ3n) is 4.36. The van der Waals surface area contributed by atoms with E-state index in [2.05, 4.69) is 29.6 Å². The van der Waals surface area contributed by atoms with Crippen LogP contribution >= 0.6 is 0 Å². The minimum Gasteiger partial charge on any atom is -0.338 e. The highest BCUT2D eigenvalue weighted by atomic mass is 16.2. The van der Waals surface area contributed by atoms with Crippen LogP contribution in [0, 0.1) is 11.8 Å². The van der Waals surface area contributed by atoms with E-state index in [-0.39, 0.29) is 23.9 Å². The Balaban J connectivity index is 1.80. The topological polar surface area (TPSA) is 79.3 Å². The smallest absolute Gasteiger partial charge is 0.317 e. The van der Waals surface area contributed by atoms with Crippen molar-refractivity contribution in [3.63, 3.8) is 0 Å². The van der Waals surface area contributed by atoms with Gasteiger partial charge in [-0.3, -0.25) is 9.48 Å². The molecule has 0 aliphatic carbocycles. The first-order valence-electron chi connectivity index (χ1n) is 9.22. The second kappa shape index (κ2) is 8.87. The summed E-state index contributed by atoms with van der Waals surface area (Å²) in [5, 5.41) is 10.1. The maximum Gasteiger partial charge on any atom is 0.317 e. The number of piperidine rings is 1. The van der Waals surface area contributed by atoms with E-state index in [9.17, 15) is 9.59 Å². The van der Waals surface area contributed by atoms with Gasteiger partial charge in [0.25, 0.3) is 0 Å². The third kappa shape index (κ3) is 6.07. The van der Waals surface area contributed by atoms with E-state index in [0.29, 0.717) is 25.4 Å². The van der Waals surface area contributed by atoms with Gasteiger partial charge in [0.05, 0.1) is 11.9 Å². The molecule has 7 nitrogen and oxygen atoms in total. The van der Waals surface area contributed by atoms with Gasteiger partial charge in [-0.05, 0) is 38.5 Å². The number of carbonyl (C=O) groups excluding carboxylic acids is 2. The number of hydrogen-bond acceptors (Lipinski definition) is 3. The number of anilines is 1. The lowest BCUT2D eigenvalue weighted by atomic mass is 9.94. The molecule has 0 unspecified atom stereocenters. The molecule has 1 fully saturated rings. The molecule has 2 rings (SSSR count).